The summed E-state index contributed by atoms with van der Waals surface area (Å²) in [4.78, 5) is 33.4. The van der Waals surface area contributed by atoms with Gasteiger partial charge in [-0.15, -0.1) is 0 Å². The lowest BCUT2D eigenvalue weighted by Crippen LogP contribution is -2.22. The number of hydrogen-bond acceptors (Lipinski definition) is 6. The van der Waals surface area contributed by atoms with Crippen LogP contribution in [-0.4, -0.2) is 22.1 Å². The largest absolute Gasteiger partial charge is 0.464 e. The van der Waals surface area contributed by atoms with Gasteiger partial charge >= 0.3 is 5.97 Å². The molecule has 2 aromatic rings. The second kappa shape index (κ2) is 5.61. The van der Waals surface area contributed by atoms with E-state index in [2.05, 4.69) is 0 Å². The zero-order chi connectivity index (χ0) is 15.6. The number of pyridine rings is 1. The van der Waals surface area contributed by atoms with Crippen molar-refractivity contribution in [3.8, 4) is 0 Å². The molecule has 1 heterocycles. The summed E-state index contributed by atoms with van der Waals surface area (Å²) in [6, 6.07) is 4.24. The summed E-state index contributed by atoms with van der Waals surface area (Å²) in [6.07, 6.45) is 1.42. The highest BCUT2D eigenvalue weighted by molar-refractivity contribution is 5.95. The average molecular weight is 291 g/mol. The minimum absolute atomic E-state index is 0.00423. The van der Waals surface area contributed by atoms with Crippen LogP contribution in [-0.2, 0) is 16.1 Å². The van der Waals surface area contributed by atoms with Gasteiger partial charge in [-0.25, -0.2) is 0 Å². The Morgan fingerprint density at radius 1 is 1.38 bits per heavy atom. The zero-order valence-electron chi connectivity index (χ0n) is 11.2. The maximum absolute atomic E-state index is 12.2. The highest BCUT2D eigenvalue weighted by Gasteiger charge is 2.18. The van der Waals surface area contributed by atoms with Crippen molar-refractivity contribution >= 4 is 28.1 Å². The fraction of sp³-hybridized carbons (Fsp3) is 0.231. The van der Waals surface area contributed by atoms with Gasteiger partial charge in [0.05, 0.1) is 22.2 Å². The van der Waals surface area contributed by atoms with Crippen molar-refractivity contribution in [3.05, 3.63) is 44.9 Å². The molecular formula is C13H13N3O5. The first kappa shape index (κ1) is 14.5. The lowest BCUT2D eigenvalue weighted by atomic mass is 10.1. The number of nitrogens with zero attached hydrogens (tertiary/aromatic N) is 2. The number of nitrogens with two attached hydrogens (primary N) is 1. The summed E-state index contributed by atoms with van der Waals surface area (Å²) in [5, 5.41) is 11.4. The molecule has 0 radical (unpaired) electrons. The number of aromatic nitrogens is 1. The van der Waals surface area contributed by atoms with E-state index in [9.17, 15) is 19.7 Å². The molecule has 1 aromatic heterocycles. The van der Waals surface area contributed by atoms with E-state index in [1.54, 1.807) is 0 Å². The molecule has 2 rings (SSSR count). The van der Waals surface area contributed by atoms with Crippen molar-refractivity contribution < 1.29 is 14.5 Å². The minimum Gasteiger partial charge on any atom is -0.464 e. The van der Waals surface area contributed by atoms with Crippen LogP contribution in [0.3, 0.4) is 0 Å². The SMILES string of the molecule is CC(=O)OCCn1ccc2c([N+](=O)[O-])c(N)ccc2c1=O. The van der Waals surface area contributed by atoms with Crippen molar-refractivity contribution in [1.82, 2.24) is 4.57 Å². The number of rotatable bonds is 4. The van der Waals surface area contributed by atoms with Crippen LogP contribution in [0, 0.1) is 10.1 Å². The van der Waals surface area contributed by atoms with Crippen LogP contribution >= 0.6 is 0 Å². The van der Waals surface area contributed by atoms with Crippen LogP contribution in [0.4, 0.5) is 11.4 Å². The molecule has 0 fully saturated rings. The van der Waals surface area contributed by atoms with E-state index in [0.717, 1.165) is 0 Å². The van der Waals surface area contributed by atoms with Gasteiger partial charge in [-0.05, 0) is 18.2 Å². The van der Waals surface area contributed by atoms with Crippen LogP contribution in [0.15, 0.2) is 29.2 Å². The molecule has 0 saturated carbocycles. The Balaban J connectivity index is 2.49. The predicted octanol–water partition coefficient (Wildman–Crippen LogP) is 1.05. The molecule has 0 bridgehead atoms. The van der Waals surface area contributed by atoms with Gasteiger partial charge in [0.1, 0.15) is 12.3 Å². The standard InChI is InChI=1S/C13H13N3O5/c1-8(17)21-7-6-15-5-4-9-10(13(15)18)2-3-11(14)12(9)16(19)20/h2-5H,6-7,14H2,1H3. The molecule has 8 heteroatoms. The maximum atomic E-state index is 12.2. The highest BCUT2D eigenvalue weighted by atomic mass is 16.6. The van der Waals surface area contributed by atoms with Gasteiger partial charge in [-0.3, -0.25) is 19.7 Å². The molecule has 0 aliphatic heterocycles. The number of esters is 1. The fourth-order valence-electron chi connectivity index (χ4n) is 2.03. The third kappa shape index (κ3) is 2.83. The van der Waals surface area contributed by atoms with E-state index < -0.39 is 16.5 Å². The zero-order valence-corrected chi connectivity index (χ0v) is 11.2. The minimum atomic E-state index is -0.611. The topological polar surface area (TPSA) is 117 Å². The van der Waals surface area contributed by atoms with Crippen LogP contribution in [0.25, 0.3) is 10.8 Å². The Morgan fingerprint density at radius 3 is 2.71 bits per heavy atom. The molecule has 0 aliphatic carbocycles. The van der Waals surface area contributed by atoms with E-state index in [0.29, 0.717) is 0 Å². The lowest BCUT2D eigenvalue weighted by molar-refractivity contribution is -0.382. The smallest absolute Gasteiger partial charge is 0.302 e. The van der Waals surface area contributed by atoms with Crippen LogP contribution < -0.4 is 11.3 Å². The maximum Gasteiger partial charge on any atom is 0.302 e. The highest BCUT2D eigenvalue weighted by Crippen LogP contribution is 2.29. The first-order valence-corrected chi connectivity index (χ1v) is 6.11. The van der Waals surface area contributed by atoms with Crippen LogP contribution in [0.2, 0.25) is 0 Å². The van der Waals surface area contributed by atoms with E-state index in [1.165, 1.54) is 35.9 Å². The van der Waals surface area contributed by atoms with Gasteiger partial charge in [0, 0.05) is 13.1 Å². The first-order chi connectivity index (χ1) is 9.91. The van der Waals surface area contributed by atoms with Crippen molar-refractivity contribution in [1.29, 1.82) is 0 Å². The summed E-state index contributed by atoms with van der Waals surface area (Å²) in [5.74, 6) is -0.438. The Kier molecular flexibility index (Phi) is 3.88. The van der Waals surface area contributed by atoms with E-state index in [4.69, 9.17) is 10.5 Å². The van der Waals surface area contributed by atoms with Crippen molar-refractivity contribution in [2.24, 2.45) is 0 Å². The van der Waals surface area contributed by atoms with Crippen LogP contribution in [0.5, 0.6) is 0 Å². The Morgan fingerprint density at radius 2 is 2.10 bits per heavy atom. The third-order valence-electron chi connectivity index (χ3n) is 2.98. The van der Waals surface area contributed by atoms with Crippen molar-refractivity contribution in [2.75, 3.05) is 12.3 Å². The second-order valence-electron chi connectivity index (χ2n) is 4.38. The van der Waals surface area contributed by atoms with Crippen molar-refractivity contribution in [2.45, 2.75) is 13.5 Å². The molecule has 2 N–H and O–H groups in total. The van der Waals surface area contributed by atoms with Crippen LogP contribution in [0.1, 0.15) is 6.92 Å². The molecule has 0 amide bonds. The second-order valence-corrected chi connectivity index (χ2v) is 4.38. The number of carbonyl (C=O) groups is 1. The molecule has 0 atom stereocenters. The number of ether oxygens (including phenoxy) is 1. The number of benzene rings is 1. The molecule has 0 unspecified atom stereocenters. The van der Waals surface area contributed by atoms with Gasteiger partial charge in [0.25, 0.3) is 11.2 Å². The van der Waals surface area contributed by atoms with Gasteiger partial charge in [-0.1, -0.05) is 0 Å². The van der Waals surface area contributed by atoms with Gasteiger partial charge in [-0.2, -0.15) is 0 Å². The summed E-state index contributed by atoms with van der Waals surface area (Å²) in [6.45, 7) is 1.50. The molecule has 0 saturated heterocycles. The number of nitrogen functional groups attached to an aromatic ring is 1. The van der Waals surface area contributed by atoms with E-state index in [-0.39, 0.29) is 35.3 Å². The van der Waals surface area contributed by atoms with Gasteiger partial charge in [0.2, 0.25) is 0 Å². The molecule has 1 aromatic carbocycles. The number of anilines is 1. The normalized spacial score (nSPS) is 10.5. The summed E-state index contributed by atoms with van der Waals surface area (Å²) in [5.41, 5.74) is 4.90. The van der Waals surface area contributed by atoms with E-state index >= 15 is 0 Å². The number of nitro groups is 1. The monoisotopic (exact) mass is 291 g/mol. The van der Waals surface area contributed by atoms with Gasteiger partial charge in [0.15, 0.2) is 0 Å². The molecular weight excluding hydrogens is 278 g/mol. The number of carbonyl (C=O) groups excluding carboxylic acids is 1. The summed E-state index contributed by atoms with van der Waals surface area (Å²) >= 11 is 0. The Bertz CT molecular complexity index is 781. The average Bonchev–Trinajstić information content (AvgIpc) is 2.40. The molecule has 110 valence electrons. The third-order valence-corrected chi connectivity index (χ3v) is 2.98. The Hall–Kier alpha value is -2.90. The fourth-order valence-corrected chi connectivity index (χ4v) is 2.03. The number of fused-ring (bicyclic) bond motifs is 1. The summed E-state index contributed by atoms with van der Waals surface area (Å²) < 4.78 is 6.09. The number of hydrogen-bond donors (Lipinski definition) is 1. The quantitative estimate of drug-likeness (QED) is 0.389. The van der Waals surface area contributed by atoms with Gasteiger partial charge < -0.3 is 15.0 Å². The predicted molar refractivity (Wildman–Crippen MR) is 75.9 cm³/mol. The molecule has 0 aliphatic rings. The lowest BCUT2D eigenvalue weighted by Gasteiger charge is -2.08. The summed E-state index contributed by atoms with van der Waals surface area (Å²) in [7, 11) is 0. The number of nitro benzene ring substituents is 1. The van der Waals surface area contributed by atoms with E-state index in [1.807, 2.05) is 0 Å². The first-order valence-electron chi connectivity index (χ1n) is 6.11. The van der Waals surface area contributed by atoms with Crippen molar-refractivity contribution in [3.63, 3.8) is 0 Å². The Labute approximate surface area is 118 Å². The molecule has 0 spiro atoms. The molecule has 8 nitrogen and oxygen atoms in total. The molecule has 21 heavy (non-hydrogen) atoms.